The summed E-state index contributed by atoms with van der Waals surface area (Å²) >= 11 is 1.75. The van der Waals surface area contributed by atoms with Crippen LogP contribution >= 0.6 is 11.3 Å². The van der Waals surface area contributed by atoms with Crippen LogP contribution in [0, 0.1) is 5.92 Å². The van der Waals surface area contributed by atoms with Crippen LogP contribution in [-0.2, 0) is 0 Å². The van der Waals surface area contributed by atoms with E-state index in [0.29, 0.717) is 12.1 Å². The second-order valence-corrected chi connectivity index (χ2v) is 5.65. The van der Waals surface area contributed by atoms with E-state index < -0.39 is 0 Å². The molecule has 0 radical (unpaired) electrons. The number of hydrogen-bond acceptors (Lipinski definition) is 3. The lowest BCUT2D eigenvalue weighted by atomic mass is 9.87. The van der Waals surface area contributed by atoms with Crippen molar-refractivity contribution in [2.75, 3.05) is 0 Å². The summed E-state index contributed by atoms with van der Waals surface area (Å²) in [4.78, 5) is 4.36. The molecule has 2 rings (SSSR count). The quantitative estimate of drug-likeness (QED) is 0.851. The maximum atomic E-state index is 4.36. The monoisotopic (exact) mass is 224 g/mol. The minimum atomic E-state index is 0.417. The fourth-order valence-corrected chi connectivity index (χ4v) is 3.11. The third-order valence-corrected chi connectivity index (χ3v) is 4.20. The Morgan fingerprint density at radius 1 is 1.53 bits per heavy atom. The van der Waals surface area contributed by atoms with E-state index in [9.17, 15) is 0 Å². The Bertz CT molecular complexity index is 284. The summed E-state index contributed by atoms with van der Waals surface area (Å²) in [5.41, 5.74) is 0. The Balaban J connectivity index is 1.86. The van der Waals surface area contributed by atoms with Crippen LogP contribution in [0.25, 0.3) is 0 Å². The zero-order valence-corrected chi connectivity index (χ0v) is 10.4. The van der Waals surface area contributed by atoms with E-state index >= 15 is 0 Å². The summed E-state index contributed by atoms with van der Waals surface area (Å²) in [6.07, 6.45) is 7.34. The van der Waals surface area contributed by atoms with Crippen LogP contribution in [0.3, 0.4) is 0 Å². The van der Waals surface area contributed by atoms with E-state index in [1.807, 2.05) is 6.20 Å². The molecule has 0 aliphatic heterocycles. The van der Waals surface area contributed by atoms with Gasteiger partial charge in [0.15, 0.2) is 0 Å². The van der Waals surface area contributed by atoms with Crippen molar-refractivity contribution in [3.05, 3.63) is 16.6 Å². The highest BCUT2D eigenvalue weighted by atomic mass is 32.1. The molecule has 0 saturated heterocycles. The average Bonchev–Trinajstić information content (AvgIpc) is 2.70. The van der Waals surface area contributed by atoms with Crippen molar-refractivity contribution in [3.63, 3.8) is 0 Å². The van der Waals surface area contributed by atoms with Crippen LogP contribution in [0.2, 0.25) is 0 Å². The van der Waals surface area contributed by atoms with Gasteiger partial charge in [-0.25, -0.2) is 4.98 Å². The fraction of sp³-hybridized carbons (Fsp3) is 0.750. The second kappa shape index (κ2) is 5.08. The molecule has 1 saturated carbocycles. The van der Waals surface area contributed by atoms with Crippen LogP contribution in [0.4, 0.5) is 0 Å². The van der Waals surface area contributed by atoms with E-state index in [-0.39, 0.29) is 0 Å². The number of nitrogens with zero attached hydrogens (tertiary/aromatic N) is 1. The van der Waals surface area contributed by atoms with Crippen LogP contribution in [0.5, 0.6) is 0 Å². The lowest BCUT2D eigenvalue weighted by Gasteiger charge is -2.29. The second-order valence-electron chi connectivity index (χ2n) is 4.73. The van der Waals surface area contributed by atoms with Gasteiger partial charge in [-0.2, -0.15) is 0 Å². The van der Waals surface area contributed by atoms with Crippen LogP contribution < -0.4 is 5.32 Å². The summed E-state index contributed by atoms with van der Waals surface area (Å²) in [5, 5.41) is 6.97. The van der Waals surface area contributed by atoms with Crippen molar-refractivity contribution < 1.29 is 0 Å². The van der Waals surface area contributed by atoms with Gasteiger partial charge < -0.3 is 5.32 Å². The molecule has 84 valence electrons. The lowest BCUT2D eigenvalue weighted by molar-refractivity contribution is 0.285. The topological polar surface area (TPSA) is 24.9 Å². The Hall–Kier alpha value is -0.410. The number of nitrogens with one attached hydrogen (secondary N) is 1. The van der Waals surface area contributed by atoms with Gasteiger partial charge in [0.2, 0.25) is 0 Å². The smallest absolute Gasteiger partial charge is 0.109 e. The first-order valence-electron chi connectivity index (χ1n) is 5.91. The molecule has 15 heavy (non-hydrogen) atoms. The van der Waals surface area contributed by atoms with Crippen molar-refractivity contribution in [1.29, 1.82) is 0 Å². The summed E-state index contributed by atoms with van der Waals surface area (Å²) in [5.74, 6) is 0.889. The predicted molar refractivity (Wildman–Crippen MR) is 65.1 cm³/mol. The summed E-state index contributed by atoms with van der Waals surface area (Å²) in [6.45, 7) is 4.58. The molecule has 1 fully saturated rings. The standard InChI is InChI=1S/C12H20N2S/c1-9-4-3-5-11(8-9)14-10(2)12-13-6-7-15-12/h6-7,9-11,14H,3-5,8H2,1-2H3. The highest BCUT2D eigenvalue weighted by molar-refractivity contribution is 7.09. The normalized spacial score (nSPS) is 28.9. The van der Waals surface area contributed by atoms with E-state index in [1.165, 1.54) is 30.7 Å². The Morgan fingerprint density at radius 3 is 3.07 bits per heavy atom. The molecular weight excluding hydrogens is 204 g/mol. The van der Waals surface area contributed by atoms with Gasteiger partial charge in [-0.05, 0) is 25.7 Å². The van der Waals surface area contributed by atoms with Gasteiger partial charge in [0.05, 0.1) is 6.04 Å². The zero-order valence-electron chi connectivity index (χ0n) is 9.57. The van der Waals surface area contributed by atoms with Gasteiger partial charge in [-0.15, -0.1) is 11.3 Å². The molecule has 1 heterocycles. The number of rotatable bonds is 3. The molecule has 3 unspecified atom stereocenters. The van der Waals surface area contributed by atoms with Gasteiger partial charge in [-0.1, -0.05) is 19.8 Å². The first kappa shape index (κ1) is 11.1. The minimum Gasteiger partial charge on any atom is -0.305 e. The molecule has 0 amide bonds. The first-order chi connectivity index (χ1) is 7.25. The van der Waals surface area contributed by atoms with Crippen molar-refractivity contribution in [1.82, 2.24) is 10.3 Å². The first-order valence-corrected chi connectivity index (χ1v) is 6.79. The van der Waals surface area contributed by atoms with E-state index in [4.69, 9.17) is 0 Å². The zero-order chi connectivity index (χ0) is 10.7. The molecule has 1 aliphatic rings. The van der Waals surface area contributed by atoms with Crippen molar-refractivity contribution in [2.45, 2.75) is 51.6 Å². The minimum absolute atomic E-state index is 0.417. The Kier molecular flexibility index (Phi) is 3.76. The third-order valence-electron chi connectivity index (χ3n) is 3.24. The molecule has 1 aromatic rings. The maximum Gasteiger partial charge on any atom is 0.109 e. The third kappa shape index (κ3) is 3.02. The van der Waals surface area contributed by atoms with Crippen LogP contribution in [-0.4, -0.2) is 11.0 Å². The summed E-state index contributed by atoms with van der Waals surface area (Å²) < 4.78 is 0. The molecule has 0 aromatic carbocycles. The van der Waals surface area contributed by atoms with Crippen molar-refractivity contribution in [2.24, 2.45) is 5.92 Å². The molecule has 1 N–H and O–H groups in total. The number of aromatic nitrogens is 1. The van der Waals surface area contributed by atoms with Gasteiger partial charge in [0, 0.05) is 17.6 Å². The van der Waals surface area contributed by atoms with Crippen molar-refractivity contribution in [3.8, 4) is 0 Å². The molecule has 3 atom stereocenters. The summed E-state index contributed by atoms with van der Waals surface area (Å²) in [7, 11) is 0. The largest absolute Gasteiger partial charge is 0.305 e. The molecule has 0 spiro atoms. The molecule has 1 aromatic heterocycles. The fourth-order valence-electron chi connectivity index (χ4n) is 2.46. The van der Waals surface area contributed by atoms with Gasteiger partial charge in [-0.3, -0.25) is 0 Å². The average molecular weight is 224 g/mol. The molecule has 1 aliphatic carbocycles. The lowest BCUT2D eigenvalue weighted by Crippen LogP contribution is -2.35. The SMILES string of the molecule is CC1CCCC(NC(C)c2nccs2)C1. The van der Waals surface area contributed by atoms with E-state index in [2.05, 4.69) is 29.5 Å². The predicted octanol–water partition coefficient (Wildman–Crippen LogP) is 3.37. The van der Waals surface area contributed by atoms with E-state index in [1.54, 1.807) is 11.3 Å². The summed E-state index contributed by atoms with van der Waals surface area (Å²) in [6, 6.07) is 1.12. The highest BCUT2D eigenvalue weighted by Crippen LogP contribution is 2.26. The number of thiazole rings is 1. The molecular formula is C12H20N2S. The van der Waals surface area contributed by atoms with Gasteiger partial charge >= 0.3 is 0 Å². The van der Waals surface area contributed by atoms with Crippen LogP contribution in [0.15, 0.2) is 11.6 Å². The van der Waals surface area contributed by atoms with Crippen LogP contribution in [0.1, 0.15) is 50.6 Å². The highest BCUT2D eigenvalue weighted by Gasteiger charge is 2.21. The molecule has 2 nitrogen and oxygen atoms in total. The van der Waals surface area contributed by atoms with E-state index in [0.717, 1.165) is 5.92 Å². The maximum absolute atomic E-state index is 4.36. The van der Waals surface area contributed by atoms with Crippen molar-refractivity contribution >= 4 is 11.3 Å². The molecule has 3 heteroatoms. The van der Waals surface area contributed by atoms with Gasteiger partial charge in [0.25, 0.3) is 0 Å². The van der Waals surface area contributed by atoms with Gasteiger partial charge in [0.1, 0.15) is 5.01 Å². The molecule has 0 bridgehead atoms. The Labute approximate surface area is 96.1 Å². The Morgan fingerprint density at radius 2 is 2.40 bits per heavy atom. The number of hydrogen-bond donors (Lipinski definition) is 1.